The molecule has 0 saturated heterocycles. The second-order valence-corrected chi connectivity index (χ2v) is 8.93. The SMILES string of the molecule is COC1C(S/N=C(\C)c2ccc([N+](=O)[O-])cc2)C2CCC1(C)C2(C)C. The van der Waals surface area contributed by atoms with E-state index in [4.69, 9.17) is 9.13 Å². The molecule has 2 aliphatic carbocycles. The molecule has 0 heterocycles. The van der Waals surface area contributed by atoms with Crippen LogP contribution >= 0.6 is 11.9 Å². The highest BCUT2D eigenvalue weighted by atomic mass is 32.2. The van der Waals surface area contributed by atoms with E-state index in [-0.39, 0.29) is 27.5 Å². The largest absolute Gasteiger partial charge is 0.380 e. The first kappa shape index (κ1) is 18.4. The van der Waals surface area contributed by atoms with Gasteiger partial charge in [0.15, 0.2) is 0 Å². The number of ether oxygens (including phenoxy) is 1. The number of nitrogens with zero attached hydrogens (tertiary/aromatic N) is 2. The Bertz CT molecular complexity index is 701. The van der Waals surface area contributed by atoms with Crippen LogP contribution in [0.4, 0.5) is 5.69 Å². The molecule has 4 unspecified atom stereocenters. The van der Waals surface area contributed by atoms with Crippen molar-refractivity contribution in [3.8, 4) is 0 Å². The Kier molecular flexibility index (Phi) is 4.71. The third-order valence-electron chi connectivity index (χ3n) is 6.76. The van der Waals surface area contributed by atoms with Gasteiger partial charge in [-0.05, 0) is 60.7 Å². The lowest BCUT2D eigenvalue weighted by Gasteiger charge is -2.38. The Morgan fingerprint density at radius 1 is 1.32 bits per heavy atom. The van der Waals surface area contributed by atoms with Gasteiger partial charge in [0, 0.05) is 24.7 Å². The van der Waals surface area contributed by atoms with Gasteiger partial charge in [-0.1, -0.05) is 20.8 Å². The van der Waals surface area contributed by atoms with E-state index in [2.05, 4.69) is 20.8 Å². The van der Waals surface area contributed by atoms with E-state index in [1.54, 1.807) is 24.1 Å². The highest BCUT2D eigenvalue weighted by Crippen LogP contribution is 2.68. The van der Waals surface area contributed by atoms with Crippen LogP contribution in [-0.4, -0.2) is 29.1 Å². The molecule has 1 aromatic carbocycles. The Morgan fingerprint density at radius 3 is 2.52 bits per heavy atom. The van der Waals surface area contributed by atoms with E-state index in [1.807, 2.05) is 14.0 Å². The minimum Gasteiger partial charge on any atom is -0.380 e. The third-order valence-corrected chi connectivity index (χ3v) is 7.96. The Hall–Kier alpha value is -1.40. The number of hydrogen-bond donors (Lipinski definition) is 0. The summed E-state index contributed by atoms with van der Waals surface area (Å²) in [7, 11) is 1.81. The van der Waals surface area contributed by atoms with Crippen molar-refractivity contribution >= 4 is 23.3 Å². The Balaban J connectivity index is 1.78. The second-order valence-electron chi connectivity index (χ2n) is 7.99. The molecule has 2 fully saturated rings. The zero-order valence-electron chi connectivity index (χ0n) is 15.5. The standard InChI is InChI=1S/C19H26N2O3S/c1-12(13-6-8-14(9-7-13)21(22)23)20-25-16-15-10-11-19(4,17(16)24-5)18(15,2)3/h6-9,15-17H,10-11H2,1-5H3/b20-12+. The molecular weight excluding hydrogens is 336 g/mol. The zero-order chi connectivity index (χ0) is 18.4. The smallest absolute Gasteiger partial charge is 0.269 e. The maximum absolute atomic E-state index is 10.8. The minimum absolute atomic E-state index is 0.103. The maximum atomic E-state index is 10.8. The molecule has 0 aromatic heterocycles. The van der Waals surface area contributed by atoms with E-state index in [9.17, 15) is 10.1 Å². The summed E-state index contributed by atoms with van der Waals surface area (Å²) in [5.74, 6) is 0.598. The highest BCUT2D eigenvalue weighted by molar-refractivity contribution is 7.98. The van der Waals surface area contributed by atoms with Crippen LogP contribution in [0.25, 0.3) is 0 Å². The fourth-order valence-electron chi connectivity index (χ4n) is 4.76. The molecule has 0 spiro atoms. The summed E-state index contributed by atoms with van der Waals surface area (Å²) in [6.45, 7) is 9.04. The van der Waals surface area contributed by atoms with Gasteiger partial charge in [0.05, 0.1) is 22.0 Å². The summed E-state index contributed by atoms with van der Waals surface area (Å²) in [5.41, 5.74) is 2.36. The van der Waals surface area contributed by atoms with Crippen molar-refractivity contribution in [3.05, 3.63) is 39.9 Å². The van der Waals surface area contributed by atoms with Crippen molar-refractivity contribution in [1.29, 1.82) is 0 Å². The van der Waals surface area contributed by atoms with Crippen LogP contribution in [0.15, 0.2) is 28.7 Å². The van der Waals surface area contributed by atoms with Crippen LogP contribution in [0.5, 0.6) is 0 Å². The zero-order valence-corrected chi connectivity index (χ0v) is 16.3. The molecule has 2 saturated carbocycles. The average molecular weight is 362 g/mol. The summed E-state index contributed by atoms with van der Waals surface area (Å²) in [5, 5.41) is 11.1. The molecule has 2 aliphatic rings. The number of non-ortho nitro benzene ring substituents is 1. The molecule has 3 rings (SSSR count). The van der Waals surface area contributed by atoms with Gasteiger partial charge in [-0.2, -0.15) is 0 Å². The number of nitro groups is 1. The van der Waals surface area contributed by atoms with E-state index in [0.29, 0.717) is 11.2 Å². The molecule has 5 nitrogen and oxygen atoms in total. The maximum Gasteiger partial charge on any atom is 0.269 e. The van der Waals surface area contributed by atoms with Gasteiger partial charge in [0.25, 0.3) is 5.69 Å². The highest BCUT2D eigenvalue weighted by Gasteiger charge is 2.66. The lowest BCUT2D eigenvalue weighted by atomic mass is 9.70. The predicted octanol–water partition coefficient (Wildman–Crippen LogP) is 4.89. The van der Waals surface area contributed by atoms with Crippen molar-refractivity contribution in [2.75, 3.05) is 7.11 Å². The molecule has 0 amide bonds. The molecule has 0 radical (unpaired) electrons. The van der Waals surface area contributed by atoms with Crippen molar-refractivity contribution in [2.45, 2.75) is 51.9 Å². The quantitative estimate of drug-likeness (QED) is 0.324. The Labute approximate surface area is 153 Å². The topological polar surface area (TPSA) is 64.7 Å². The minimum atomic E-state index is -0.383. The molecule has 6 heteroatoms. The molecule has 0 aliphatic heterocycles. The van der Waals surface area contributed by atoms with E-state index < -0.39 is 0 Å². The summed E-state index contributed by atoms with van der Waals surface area (Å²) in [4.78, 5) is 10.4. The second kappa shape index (κ2) is 6.40. The number of methoxy groups -OCH3 is 1. The molecule has 4 atom stereocenters. The van der Waals surface area contributed by atoms with Crippen molar-refractivity contribution in [3.63, 3.8) is 0 Å². The van der Waals surface area contributed by atoms with E-state index in [0.717, 1.165) is 11.3 Å². The monoisotopic (exact) mass is 362 g/mol. The first-order chi connectivity index (χ1) is 11.7. The van der Waals surface area contributed by atoms with Gasteiger partial charge in [0.2, 0.25) is 0 Å². The molecule has 2 bridgehead atoms. The normalized spacial score (nSPS) is 33.6. The number of hydrogen-bond acceptors (Lipinski definition) is 5. The summed E-state index contributed by atoms with van der Waals surface area (Å²) in [6.07, 6.45) is 2.65. The van der Waals surface area contributed by atoms with Crippen LogP contribution in [0.2, 0.25) is 0 Å². The van der Waals surface area contributed by atoms with Gasteiger partial charge in [-0.15, -0.1) is 0 Å². The first-order valence-corrected chi connectivity index (χ1v) is 9.54. The Morgan fingerprint density at radius 2 is 1.96 bits per heavy atom. The molecule has 0 N–H and O–H groups in total. The van der Waals surface area contributed by atoms with E-state index in [1.165, 1.54) is 25.0 Å². The molecule has 136 valence electrons. The van der Waals surface area contributed by atoms with Crippen LogP contribution in [0.1, 0.15) is 46.1 Å². The molecular formula is C19H26N2O3S. The lowest BCUT2D eigenvalue weighted by molar-refractivity contribution is -0.384. The molecule has 25 heavy (non-hydrogen) atoms. The predicted molar refractivity (Wildman–Crippen MR) is 102 cm³/mol. The lowest BCUT2D eigenvalue weighted by Crippen LogP contribution is -2.40. The van der Waals surface area contributed by atoms with Gasteiger partial charge < -0.3 is 4.74 Å². The van der Waals surface area contributed by atoms with Gasteiger partial charge in [-0.3, -0.25) is 10.1 Å². The van der Waals surface area contributed by atoms with Crippen LogP contribution in [-0.2, 0) is 4.74 Å². The van der Waals surface area contributed by atoms with Gasteiger partial charge >= 0.3 is 0 Å². The van der Waals surface area contributed by atoms with E-state index >= 15 is 0 Å². The van der Waals surface area contributed by atoms with Crippen molar-refractivity contribution < 1.29 is 9.66 Å². The van der Waals surface area contributed by atoms with Crippen molar-refractivity contribution in [2.24, 2.45) is 21.1 Å². The fourth-order valence-corrected chi connectivity index (χ4v) is 6.29. The third kappa shape index (κ3) is 2.79. The van der Waals surface area contributed by atoms with Crippen molar-refractivity contribution in [1.82, 2.24) is 0 Å². The van der Waals surface area contributed by atoms with Crippen LogP contribution in [0, 0.1) is 26.9 Å². The number of fused-ring (bicyclic) bond motifs is 2. The summed E-state index contributed by atoms with van der Waals surface area (Å²) in [6, 6.07) is 6.58. The van der Waals surface area contributed by atoms with Crippen LogP contribution in [0.3, 0.4) is 0 Å². The number of nitro benzene ring substituents is 1. The van der Waals surface area contributed by atoms with Crippen LogP contribution < -0.4 is 0 Å². The average Bonchev–Trinajstić information content (AvgIpc) is 2.90. The van der Waals surface area contributed by atoms with Gasteiger partial charge in [0.1, 0.15) is 0 Å². The summed E-state index contributed by atoms with van der Waals surface area (Å²) < 4.78 is 10.7. The molecule has 1 aromatic rings. The first-order valence-electron chi connectivity index (χ1n) is 8.70. The summed E-state index contributed by atoms with van der Waals surface area (Å²) >= 11 is 1.62. The number of rotatable bonds is 5. The van der Waals surface area contributed by atoms with Gasteiger partial charge in [-0.25, -0.2) is 4.40 Å². The fraction of sp³-hybridized carbons (Fsp3) is 0.632. The number of benzene rings is 1.